The Morgan fingerprint density at radius 3 is 1.31 bits per heavy atom. The second-order valence-corrected chi connectivity index (χ2v) is 15.2. The first-order valence-electron chi connectivity index (χ1n) is 22.7. The average Bonchev–Trinajstić information content (AvgIpc) is 3.37. The van der Waals surface area contributed by atoms with E-state index in [0.29, 0.717) is 50.6 Å². The maximum atomic E-state index is 12.9. The molecule has 0 atom stereocenters. The Hall–Kier alpha value is -9.06. The quantitative estimate of drug-likeness (QED) is 0.0294. The predicted molar refractivity (Wildman–Crippen MR) is 270 cm³/mol. The normalized spacial score (nSPS) is 10.2. The molecule has 0 heterocycles. The van der Waals surface area contributed by atoms with Crippen LogP contribution in [0.15, 0.2) is 109 Å². The van der Waals surface area contributed by atoms with Gasteiger partial charge < -0.3 is 59.5 Å². The van der Waals surface area contributed by atoms with E-state index in [9.17, 15) is 59.4 Å². The number of hydrogen-bond donors (Lipinski definition) is 6. The van der Waals surface area contributed by atoms with Gasteiger partial charge in [0.15, 0.2) is 17.2 Å². The molecule has 6 aromatic carbocycles. The Balaban J connectivity index is 0.000000234. The molecular formula is C54H57N3O15. The summed E-state index contributed by atoms with van der Waals surface area (Å²) in [6, 6.07) is 26.6. The highest BCUT2D eigenvalue weighted by Crippen LogP contribution is 2.42. The minimum absolute atomic E-state index is 0.0247. The lowest BCUT2D eigenvalue weighted by Crippen LogP contribution is -2.24. The number of hydrogen-bond acceptors (Lipinski definition) is 18. The molecule has 0 bridgehead atoms. The second kappa shape index (κ2) is 26.6. The molecule has 72 heavy (non-hydrogen) atoms. The van der Waals surface area contributed by atoms with E-state index < -0.39 is 17.3 Å². The van der Waals surface area contributed by atoms with Crippen LogP contribution in [0.5, 0.6) is 51.7 Å². The van der Waals surface area contributed by atoms with Crippen molar-refractivity contribution in [2.24, 2.45) is 0 Å². The largest absolute Gasteiger partial charge is 0.507 e. The minimum atomic E-state index is -0.517. The number of phenolic OH excluding ortho intramolecular Hbond substituents is 6. The third-order valence-electron chi connectivity index (χ3n) is 11.2. The first-order chi connectivity index (χ1) is 34.6. The lowest BCUT2D eigenvalue weighted by molar-refractivity contribution is -0.121. The van der Waals surface area contributed by atoms with Crippen molar-refractivity contribution in [3.05, 3.63) is 143 Å². The summed E-state index contributed by atoms with van der Waals surface area (Å²) in [6.45, 7) is 15.7. The van der Waals surface area contributed by atoms with Gasteiger partial charge in [-0.15, -0.1) is 0 Å². The Bertz CT molecular complexity index is 2810. The molecule has 6 aromatic rings. The molecule has 0 unspecified atom stereocenters. The van der Waals surface area contributed by atoms with Gasteiger partial charge >= 0.3 is 0 Å². The number of rotatable bonds is 21. The van der Waals surface area contributed by atoms with Gasteiger partial charge in [0.2, 0.25) is 17.3 Å². The second-order valence-electron chi connectivity index (χ2n) is 15.2. The van der Waals surface area contributed by atoms with Crippen LogP contribution in [0.3, 0.4) is 0 Å². The van der Waals surface area contributed by atoms with Gasteiger partial charge in [0, 0.05) is 57.5 Å². The predicted octanol–water partition coefficient (Wildman–Crippen LogP) is 8.13. The Morgan fingerprint density at radius 1 is 0.417 bits per heavy atom. The number of benzene rings is 6. The van der Waals surface area contributed by atoms with E-state index in [1.807, 2.05) is 51.3 Å². The highest BCUT2D eigenvalue weighted by molar-refractivity contribution is 6.16. The molecule has 0 fully saturated rings. The Labute approximate surface area is 416 Å². The molecule has 0 aromatic heterocycles. The molecule has 0 radical (unpaired) electrons. The monoisotopic (exact) mass is 987 g/mol. The van der Waals surface area contributed by atoms with Crippen LogP contribution >= 0.6 is 0 Å². The highest BCUT2D eigenvalue weighted by atomic mass is 16.5. The zero-order valence-electron chi connectivity index (χ0n) is 40.6. The molecule has 18 heteroatoms. The smallest absolute Gasteiger partial charge is 0.298 e. The average molecular weight is 988 g/mol. The number of nitrogens with zero attached hydrogens (tertiary/aromatic N) is 3. The molecule has 0 saturated heterocycles. The van der Waals surface area contributed by atoms with Gasteiger partial charge in [-0.05, 0) is 96.1 Å². The lowest BCUT2D eigenvalue weighted by Gasteiger charge is -2.25. The Kier molecular flexibility index (Phi) is 20.5. The van der Waals surface area contributed by atoms with Crippen LogP contribution in [0.2, 0.25) is 0 Å². The van der Waals surface area contributed by atoms with Crippen LogP contribution in [0.25, 0.3) is 0 Å². The van der Waals surface area contributed by atoms with Gasteiger partial charge in [0.25, 0.3) is 19.4 Å². The molecule has 0 amide bonds. The van der Waals surface area contributed by atoms with Crippen molar-refractivity contribution >= 4 is 53.8 Å². The first-order valence-corrected chi connectivity index (χ1v) is 22.7. The van der Waals surface area contributed by atoms with Crippen LogP contribution in [-0.4, -0.2) is 107 Å². The number of para-hydroxylation sites is 3. The first kappa shape index (κ1) is 55.5. The van der Waals surface area contributed by atoms with E-state index in [0.717, 1.165) is 0 Å². The highest BCUT2D eigenvalue weighted by Gasteiger charge is 2.27. The molecular weight excluding hydrogens is 931 g/mol. The number of carbonyl (C=O) groups is 6. The van der Waals surface area contributed by atoms with Crippen molar-refractivity contribution in [1.29, 1.82) is 0 Å². The van der Waals surface area contributed by atoms with E-state index in [-0.39, 0.29) is 110 Å². The van der Waals surface area contributed by atoms with E-state index in [1.54, 1.807) is 41.3 Å². The summed E-state index contributed by atoms with van der Waals surface area (Å²) in [5.41, 5.74) is 1.59. The molecule has 0 saturated carbocycles. The van der Waals surface area contributed by atoms with Crippen molar-refractivity contribution in [3.8, 4) is 51.7 Å². The van der Waals surface area contributed by atoms with Crippen LogP contribution in [0, 0.1) is 0 Å². The summed E-state index contributed by atoms with van der Waals surface area (Å²) in [5, 5.41) is 60.8. The molecule has 6 rings (SSSR count). The van der Waals surface area contributed by atoms with Crippen molar-refractivity contribution in [1.82, 2.24) is 0 Å². The van der Waals surface area contributed by atoms with E-state index in [4.69, 9.17) is 14.2 Å². The zero-order valence-corrected chi connectivity index (χ0v) is 40.6. The third kappa shape index (κ3) is 13.0. The third-order valence-corrected chi connectivity index (χ3v) is 11.2. The molecule has 0 aliphatic rings. The van der Waals surface area contributed by atoms with Crippen molar-refractivity contribution in [2.45, 2.75) is 41.5 Å². The maximum absolute atomic E-state index is 12.9. The standard InChI is InChI=1S/3C18H19NO5/c1-3-19(4-2)14-9-12(24-11-20)10-16(22)17(14)18(23)13-7-5-6-8-15(13)21;1-3-19(4-2)14-9-13(16(22)10-17(14)24-11-20)18(23)12-7-5-6-8-15(12)21;1-3-19(4-2)16-15(24-11-20)10-9-13(18(16)23)17(22)12-7-5-6-8-14(12)21/h2*5-11,21-22H,3-4H2,1-2H3;5-11,21,23H,3-4H2,1-2H3. The SMILES string of the molecule is CCN(CC)c1c(OC=O)ccc(C(=O)c2ccccc2O)c1O.CCN(CC)c1cc(C(=O)c2ccccc2O)c(O)cc1OC=O.CCN(CC)c1cc(OC=O)cc(O)c1C(=O)c1ccccc1O. The van der Waals surface area contributed by atoms with E-state index in [1.165, 1.54) is 72.8 Å². The maximum Gasteiger partial charge on any atom is 0.298 e. The van der Waals surface area contributed by atoms with Gasteiger partial charge in [0.05, 0.1) is 44.8 Å². The fourth-order valence-electron chi connectivity index (χ4n) is 7.61. The molecule has 0 aliphatic heterocycles. The fourth-order valence-corrected chi connectivity index (χ4v) is 7.61. The van der Waals surface area contributed by atoms with Crippen molar-refractivity contribution in [3.63, 3.8) is 0 Å². The van der Waals surface area contributed by atoms with Gasteiger partial charge in [-0.25, -0.2) is 0 Å². The van der Waals surface area contributed by atoms with Gasteiger partial charge in [-0.2, -0.15) is 0 Å². The number of carbonyl (C=O) groups excluding carboxylic acids is 6. The molecule has 0 spiro atoms. The van der Waals surface area contributed by atoms with Crippen molar-refractivity contribution in [2.75, 3.05) is 54.0 Å². The summed E-state index contributed by atoms with van der Waals surface area (Å²) in [7, 11) is 0. The van der Waals surface area contributed by atoms with E-state index >= 15 is 0 Å². The van der Waals surface area contributed by atoms with Crippen LogP contribution in [0.1, 0.15) is 89.3 Å². The van der Waals surface area contributed by atoms with Crippen molar-refractivity contribution < 1.29 is 73.6 Å². The summed E-state index contributed by atoms with van der Waals surface area (Å²) < 4.78 is 14.7. The molecule has 0 aliphatic carbocycles. The number of phenols is 6. The van der Waals surface area contributed by atoms with Gasteiger partial charge in [0.1, 0.15) is 40.2 Å². The number of aromatic hydroxyl groups is 6. The summed E-state index contributed by atoms with van der Waals surface area (Å²) in [4.78, 5) is 75.7. The molecule has 18 nitrogen and oxygen atoms in total. The van der Waals surface area contributed by atoms with Gasteiger partial charge in [-0.1, -0.05) is 36.4 Å². The summed E-state index contributed by atoms with van der Waals surface area (Å²) in [6.07, 6.45) is 0. The number of ketones is 3. The minimum Gasteiger partial charge on any atom is -0.507 e. The Morgan fingerprint density at radius 2 is 0.847 bits per heavy atom. The zero-order chi connectivity index (χ0) is 53.1. The van der Waals surface area contributed by atoms with Crippen LogP contribution in [-0.2, 0) is 14.4 Å². The topological polar surface area (TPSA) is 261 Å². The fraction of sp³-hybridized carbons (Fsp3) is 0.222. The molecule has 378 valence electrons. The molecule has 6 N–H and O–H groups in total. The van der Waals surface area contributed by atoms with Crippen LogP contribution < -0.4 is 28.9 Å². The summed E-state index contributed by atoms with van der Waals surface area (Å²) in [5.74, 6) is -2.50. The van der Waals surface area contributed by atoms with E-state index in [2.05, 4.69) is 0 Å². The van der Waals surface area contributed by atoms with Gasteiger partial charge in [-0.3, -0.25) is 28.8 Å². The lowest BCUT2D eigenvalue weighted by atomic mass is 9.98. The van der Waals surface area contributed by atoms with Crippen LogP contribution in [0.4, 0.5) is 17.1 Å². The number of ether oxygens (including phenoxy) is 3. The summed E-state index contributed by atoms with van der Waals surface area (Å²) >= 11 is 0. The number of anilines is 3.